The van der Waals surface area contributed by atoms with Crippen molar-refractivity contribution in [3.05, 3.63) is 18.2 Å². The SMILES string of the molecule is CCn1ccnc1COCC(N)(CC)CC. The van der Waals surface area contributed by atoms with E-state index in [0.717, 1.165) is 25.2 Å². The van der Waals surface area contributed by atoms with Crippen molar-refractivity contribution in [1.82, 2.24) is 9.55 Å². The van der Waals surface area contributed by atoms with Crippen molar-refractivity contribution in [2.45, 2.75) is 52.3 Å². The third-order valence-electron chi connectivity index (χ3n) is 3.17. The van der Waals surface area contributed by atoms with Gasteiger partial charge in [0.2, 0.25) is 0 Å². The highest BCUT2D eigenvalue weighted by molar-refractivity contribution is 4.90. The minimum Gasteiger partial charge on any atom is -0.372 e. The van der Waals surface area contributed by atoms with Crippen molar-refractivity contribution in [1.29, 1.82) is 0 Å². The molecule has 0 bridgehead atoms. The quantitative estimate of drug-likeness (QED) is 0.771. The van der Waals surface area contributed by atoms with Crippen LogP contribution in [-0.2, 0) is 17.9 Å². The fourth-order valence-corrected chi connectivity index (χ4v) is 1.57. The van der Waals surface area contributed by atoms with Gasteiger partial charge in [0.15, 0.2) is 0 Å². The Kier molecular flexibility index (Phi) is 4.96. The zero-order valence-corrected chi connectivity index (χ0v) is 10.6. The average molecular weight is 225 g/mol. The Balaban J connectivity index is 2.41. The van der Waals surface area contributed by atoms with Crippen LogP contribution in [0.3, 0.4) is 0 Å². The molecule has 1 aromatic heterocycles. The molecule has 92 valence electrons. The van der Waals surface area contributed by atoms with Crippen molar-refractivity contribution < 1.29 is 4.74 Å². The molecule has 0 amide bonds. The van der Waals surface area contributed by atoms with Crippen LogP contribution in [0.5, 0.6) is 0 Å². The van der Waals surface area contributed by atoms with E-state index in [9.17, 15) is 0 Å². The lowest BCUT2D eigenvalue weighted by atomic mass is 9.96. The predicted molar refractivity (Wildman–Crippen MR) is 65.1 cm³/mol. The van der Waals surface area contributed by atoms with Crippen LogP contribution in [0.15, 0.2) is 12.4 Å². The Labute approximate surface area is 97.8 Å². The number of aromatic nitrogens is 2. The second kappa shape index (κ2) is 6.01. The maximum Gasteiger partial charge on any atom is 0.134 e. The number of hydrogen-bond donors (Lipinski definition) is 1. The van der Waals surface area contributed by atoms with Gasteiger partial charge >= 0.3 is 0 Å². The van der Waals surface area contributed by atoms with Gasteiger partial charge < -0.3 is 15.0 Å². The molecule has 1 aromatic rings. The van der Waals surface area contributed by atoms with Crippen molar-refractivity contribution >= 4 is 0 Å². The van der Waals surface area contributed by atoms with Crippen LogP contribution in [0.4, 0.5) is 0 Å². The molecule has 0 atom stereocenters. The standard InChI is InChI=1S/C12H23N3O/c1-4-12(13,5-2)10-16-9-11-14-7-8-15(11)6-3/h7-8H,4-6,9-10,13H2,1-3H3. The summed E-state index contributed by atoms with van der Waals surface area (Å²) in [6, 6.07) is 0. The first-order valence-electron chi connectivity index (χ1n) is 6.01. The first-order valence-corrected chi connectivity index (χ1v) is 6.01. The van der Waals surface area contributed by atoms with Gasteiger partial charge in [0.05, 0.1) is 6.61 Å². The first-order chi connectivity index (χ1) is 7.65. The molecule has 16 heavy (non-hydrogen) atoms. The Morgan fingerprint density at radius 1 is 1.38 bits per heavy atom. The first kappa shape index (κ1) is 13.2. The van der Waals surface area contributed by atoms with Gasteiger partial charge in [-0.15, -0.1) is 0 Å². The highest BCUT2D eigenvalue weighted by atomic mass is 16.5. The molecule has 4 nitrogen and oxygen atoms in total. The Hall–Kier alpha value is -0.870. The number of hydrogen-bond acceptors (Lipinski definition) is 3. The fraction of sp³-hybridized carbons (Fsp3) is 0.750. The van der Waals surface area contributed by atoms with Crippen LogP contribution < -0.4 is 5.73 Å². The molecular weight excluding hydrogens is 202 g/mol. The van der Waals surface area contributed by atoms with E-state index in [-0.39, 0.29) is 5.54 Å². The molecule has 2 N–H and O–H groups in total. The zero-order valence-electron chi connectivity index (χ0n) is 10.6. The third-order valence-corrected chi connectivity index (χ3v) is 3.17. The Morgan fingerprint density at radius 2 is 2.06 bits per heavy atom. The van der Waals surface area contributed by atoms with Crippen LogP contribution in [0, 0.1) is 0 Å². The molecule has 0 aliphatic rings. The number of rotatable bonds is 7. The highest BCUT2D eigenvalue weighted by Crippen LogP contribution is 2.12. The maximum absolute atomic E-state index is 6.15. The molecule has 0 fully saturated rings. The summed E-state index contributed by atoms with van der Waals surface area (Å²) in [4.78, 5) is 4.26. The summed E-state index contributed by atoms with van der Waals surface area (Å²) in [5, 5.41) is 0. The molecule has 0 aliphatic carbocycles. The summed E-state index contributed by atoms with van der Waals surface area (Å²) in [6.07, 6.45) is 5.64. The van der Waals surface area contributed by atoms with E-state index in [4.69, 9.17) is 10.5 Å². The van der Waals surface area contributed by atoms with Crippen molar-refractivity contribution in [3.8, 4) is 0 Å². The van der Waals surface area contributed by atoms with Crippen molar-refractivity contribution in [3.63, 3.8) is 0 Å². The molecule has 0 aliphatic heterocycles. The molecule has 0 saturated heterocycles. The topological polar surface area (TPSA) is 53.1 Å². The number of nitrogens with zero attached hydrogens (tertiary/aromatic N) is 2. The van der Waals surface area contributed by atoms with Gasteiger partial charge in [-0.1, -0.05) is 13.8 Å². The van der Waals surface area contributed by atoms with E-state index in [0.29, 0.717) is 13.2 Å². The minimum atomic E-state index is -0.191. The van der Waals surface area contributed by atoms with E-state index in [1.165, 1.54) is 0 Å². The Morgan fingerprint density at radius 3 is 2.62 bits per heavy atom. The van der Waals surface area contributed by atoms with Crippen LogP contribution in [-0.4, -0.2) is 21.7 Å². The average Bonchev–Trinajstić information content (AvgIpc) is 2.76. The van der Waals surface area contributed by atoms with Gasteiger partial charge in [0.1, 0.15) is 12.4 Å². The van der Waals surface area contributed by atoms with Crippen molar-refractivity contribution in [2.24, 2.45) is 5.73 Å². The summed E-state index contributed by atoms with van der Waals surface area (Å²) in [7, 11) is 0. The second-order valence-electron chi connectivity index (χ2n) is 4.19. The molecule has 0 aromatic carbocycles. The van der Waals surface area contributed by atoms with Crippen molar-refractivity contribution in [2.75, 3.05) is 6.61 Å². The third kappa shape index (κ3) is 3.32. The summed E-state index contributed by atoms with van der Waals surface area (Å²) in [5.41, 5.74) is 5.96. The molecule has 1 rings (SSSR count). The summed E-state index contributed by atoms with van der Waals surface area (Å²) in [6.45, 7) is 8.35. The van der Waals surface area contributed by atoms with E-state index < -0.39 is 0 Å². The summed E-state index contributed by atoms with van der Waals surface area (Å²) < 4.78 is 7.74. The summed E-state index contributed by atoms with van der Waals surface area (Å²) >= 11 is 0. The van der Waals surface area contributed by atoms with Gasteiger partial charge in [-0.2, -0.15) is 0 Å². The molecular formula is C12H23N3O. The number of imidazole rings is 1. The van der Waals surface area contributed by atoms with E-state index >= 15 is 0 Å². The number of ether oxygens (including phenoxy) is 1. The number of aryl methyl sites for hydroxylation is 1. The van der Waals surface area contributed by atoms with Crippen LogP contribution in [0.2, 0.25) is 0 Å². The van der Waals surface area contributed by atoms with Gasteiger partial charge in [-0.25, -0.2) is 4.98 Å². The predicted octanol–water partition coefficient (Wildman–Crippen LogP) is 1.94. The fourth-order valence-electron chi connectivity index (χ4n) is 1.57. The highest BCUT2D eigenvalue weighted by Gasteiger charge is 2.20. The maximum atomic E-state index is 6.15. The monoisotopic (exact) mass is 225 g/mol. The van der Waals surface area contributed by atoms with Gasteiger partial charge in [0.25, 0.3) is 0 Å². The molecule has 0 spiro atoms. The van der Waals surface area contributed by atoms with Crippen LogP contribution >= 0.6 is 0 Å². The Bertz CT molecular complexity index is 305. The zero-order chi connectivity index (χ0) is 12.0. The lowest BCUT2D eigenvalue weighted by molar-refractivity contribution is 0.0642. The lowest BCUT2D eigenvalue weighted by Crippen LogP contribution is -2.43. The van der Waals surface area contributed by atoms with E-state index in [1.807, 2.05) is 6.20 Å². The lowest BCUT2D eigenvalue weighted by Gasteiger charge is -2.26. The van der Waals surface area contributed by atoms with Crippen LogP contribution in [0.1, 0.15) is 39.4 Å². The van der Waals surface area contributed by atoms with Gasteiger partial charge in [-0.3, -0.25) is 0 Å². The smallest absolute Gasteiger partial charge is 0.134 e. The largest absolute Gasteiger partial charge is 0.372 e. The van der Waals surface area contributed by atoms with Crippen LogP contribution in [0.25, 0.3) is 0 Å². The normalized spacial score (nSPS) is 12.0. The van der Waals surface area contributed by atoms with Gasteiger partial charge in [0, 0.05) is 24.5 Å². The molecule has 0 unspecified atom stereocenters. The van der Waals surface area contributed by atoms with E-state index in [1.54, 1.807) is 6.20 Å². The van der Waals surface area contributed by atoms with E-state index in [2.05, 4.69) is 30.3 Å². The molecule has 1 heterocycles. The minimum absolute atomic E-state index is 0.191. The van der Waals surface area contributed by atoms with Gasteiger partial charge in [-0.05, 0) is 19.8 Å². The summed E-state index contributed by atoms with van der Waals surface area (Å²) in [5.74, 6) is 0.969. The molecule has 0 saturated carbocycles. The molecule has 0 radical (unpaired) electrons. The molecule has 4 heteroatoms. The number of nitrogens with two attached hydrogens (primary N) is 1. The second-order valence-corrected chi connectivity index (χ2v) is 4.19.